The number of carbonyl (C=O) groups is 2. The van der Waals surface area contributed by atoms with Crippen molar-refractivity contribution >= 4 is 23.2 Å². The van der Waals surface area contributed by atoms with Crippen LogP contribution >= 0.6 is 0 Å². The normalized spacial score (nSPS) is 10.5. The van der Waals surface area contributed by atoms with Gasteiger partial charge in [-0.2, -0.15) is 0 Å². The Kier molecular flexibility index (Phi) is 5.58. The fourth-order valence-corrected chi connectivity index (χ4v) is 2.43. The number of benzene rings is 2. The lowest BCUT2D eigenvalue weighted by Gasteiger charge is -2.25. The van der Waals surface area contributed by atoms with Gasteiger partial charge in [-0.25, -0.2) is 0 Å². The maximum absolute atomic E-state index is 12.2. The van der Waals surface area contributed by atoms with Gasteiger partial charge in [0.2, 0.25) is 5.91 Å². The first-order valence-corrected chi connectivity index (χ1v) is 7.90. The Morgan fingerprint density at radius 1 is 1.12 bits per heavy atom. The SMILES string of the molecule is CC(=O)N(Cc1ccc(NC(=O)c2cccc(N)c2)cc1)C(C)C. The summed E-state index contributed by atoms with van der Waals surface area (Å²) in [6.07, 6.45) is 0. The first-order valence-electron chi connectivity index (χ1n) is 7.90. The molecule has 0 saturated heterocycles. The van der Waals surface area contributed by atoms with Gasteiger partial charge in [0.25, 0.3) is 5.91 Å². The third-order valence-electron chi connectivity index (χ3n) is 3.74. The van der Waals surface area contributed by atoms with Crippen molar-refractivity contribution < 1.29 is 9.59 Å². The zero-order valence-corrected chi connectivity index (χ0v) is 14.2. The molecule has 24 heavy (non-hydrogen) atoms. The van der Waals surface area contributed by atoms with Crippen molar-refractivity contribution in [1.29, 1.82) is 0 Å². The minimum absolute atomic E-state index is 0.0454. The molecule has 0 aliphatic rings. The molecule has 0 radical (unpaired) electrons. The predicted molar refractivity (Wildman–Crippen MR) is 96.6 cm³/mol. The van der Waals surface area contributed by atoms with Gasteiger partial charge in [-0.05, 0) is 49.7 Å². The molecule has 2 aromatic rings. The Balaban J connectivity index is 2.04. The van der Waals surface area contributed by atoms with Crippen LogP contribution in [0.2, 0.25) is 0 Å². The molecule has 0 heterocycles. The van der Waals surface area contributed by atoms with Gasteiger partial charge in [0.15, 0.2) is 0 Å². The van der Waals surface area contributed by atoms with Gasteiger partial charge < -0.3 is 16.0 Å². The predicted octanol–water partition coefficient (Wildman–Crippen LogP) is 3.28. The number of anilines is 2. The van der Waals surface area contributed by atoms with E-state index in [9.17, 15) is 9.59 Å². The highest BCUT2D eigenvalue weighted by Gasteiger charge is 2.13. The second-order valence-electron chi connectivity index (χ2n) is 6.02. The average Bonchev–Trinajstić information content (AvgIpc) is 2.53. The molecule has 0 aliphatic heterocycles. The Bertz CT molecular complexity index is 724. The highest BCUT2D eigenvalue weighted by atomic mass is 16.2. The monoisotopic (exact) mass is 325 g/mol. The number of nitrogens with two attached hydrogens (primary N) is 1. The van der Waals surface area contributed by atoms with Crippen LogP contribution < -0.4 is 11.1 Å². The summed E-state index contributed by atoms with van der Waals surface area (Å²) in [4.78, 5) is 25.6. The van der Waals surface area contributed by atoms with E-state index >= 15 is 0 Å². The van der Waals surface area contributed by atoms with Gasteiger partial charge in [-0.1, -0.05) is 18.2 Å². The van der Waals surface area contributed by atoms with Crippen molar-refractivity contribution in [3.8, 4) is 0 Å². The van der Waals surface area contributed by atoms with Crippen LogP contribution in [-0.2, 0) is 11.3 Å². The first kappa shape index (κ1) is 17.5. The molecule has 0 aromatic heterocycles. The molecule has 2 rings (SSSR count). The van der Waals surface area contributed by atoms with Gasteiger partial charge in [-0.3, -0.25) is 9.59 Å². The van der Waals surface area contributed by atoms with Gasteiger partial charge in [-0.15, -0.1) is 0 Å². The highest BCUT2D eigenvalue weighted by molar-refractivity contribution is 6.04. The summed E-state index contributed by atoms with van der Waals surface area (Å²) in [6.45, 7) is 6.10. The Morgan fingerprint density at radius 3 is 2.33 bits per heavy atom. The molecule has 0 saturated carbocycles. The van der Waals surface area contributed by atoms with Gasteiger partial charge in [0, 0.05) is 36.4 Å². The summed E-state index contributed by atoms with van der Waals surface area (Å²) in [5.74, 6) is -0.161. The number of amides is 2. The molecular formula is C19H23N3O2. The number of nitrogens with one attached hydrogen (secondary N) is 1. The summed E-state index contributed by atoms with van der Waals surface area (Å²) in [6, 6.07) is 14.5. The van der Waals surface area contributed by atoms with Crippen LogP contribution in [0.25, 0.3) is 0 Å². The van der Waals surface area contributed by atoms with Crippen LogP contribution in [0.5, 0.6) is 0 Å². The molecular weight excluding hydrogens is 302 g/mol. The Labute approximate surface area is 142 Å². The molecule has 2 aromatic carbocycles. The number of rotatable bonds is 5. The van der Waals surface area contributed by atoms with Crippen molar-refractivity contribution in [2.45, 2.75) is 33.4 Å². The maximum Gasteiger partial charge on any atom is 0.255 e. The van der Waals surface area contributed by atoms with Crippen molar-refractivity contribution in [2.24, 2.45) is 0 Å². The number of nitrogen functional groups attached to an aromatic ring is 1. The maximum atomic E-state index is 12.2. The molecule has 5 nitrogen and oxygen atoms in total. The van der Waals surface area contributed by atoms with E-state index in [1.54, 1.807) is 36.1 Å². The van der Waals surface area contributed by atoms with Crippen molar-refractivity contribution in [3.63, 3.8) is 0 Å². The molecule has 0 atom stereocenters. The van der Waals surface area contributed by atoms with Gasteiger partial charge >= 0.3 is 0 Å². The van der Waals surface area contributed by atoms with E-state index in [0.29, 0.717) is 23.5 Å². The van der Waals surface area contributed by atoms with E-state index in [2.05, 4.69) is 5.32 Å². The zero-order chi connectivity index (χ0) is 17.7. The summed E-state index contributed by atoms with van der Waals surface area (Å²) >= 11 is 0. The second kappa shape index (κ2) is 7.64. The van der Waals surface area contributed by atoms with E-state index in [0.717, 1.165) is 5.56 Å². The van der Waals surface area contributed by atoms with Crippen LogP contribution in [0.4, 0.5) is 11.4 Å². The third-order valence-corrected chi connectivity index (χ3v) is 3.74. The lowest BCUT2D eigenvalue weighted by atomic mass is 10.1. The summed E-state index contributed by atoms with van der Waals surface area (Å²) in [7, 11) is 0. The molecule has 2 amide bonds. The molecule has 0 bridgehead atoms. The van der Waals surface area contributed by atoms with E-state index in [4.69, 9.17) is 5.73 Å². The molecule has 0 fully saturated rings. The molecule has 5 heteroatoms. The number of hydrogen-bond acceptors (Lipinski definition) is 3. The summed E-state index contributed by atoms with van der Waals surface area (Å²) in [5.41, 5.74) is 8.47. The lowest BCUT2D eigenvalue weighted by Crippen LogP contribution is -2.34. The minimum atomic E-state index is -0.206. The van der Waals surface area contributed by atoms with Gasteiger partial charge in [0.05, 0.1) is 0 Å². The van der Waals surface area contributed by atoms with E-state index in [1.165, 1.54) is 0 Å². The third kappa shape index (κ3) is 4.59. The van der Waals surface area contributed by atoms with Gasteiger partial charge in [0.1, 0.15) is 0 Å². The lowest BCUT2D eigenvalue weighted by molar-refractivity contribution is -0.131. The van der Waals surface area contributed by atoms with E-state index < -0.39 is 0 Å². The number of nitrogens with zero attached hydrogens (tertiary/aromatic N) is 1. The smallest absolute Gasteiger partial charge is 0.255 e. The Hall–Kier alpha value is -2.82. The zero-order valence-electron chi connectivity index (χ0n) is 14.2. The van der Waals surface area contributed by atoms with Crippen LogP contribution in [0, 0.1) is 0 Å². The average molecular weight is 325 g/mol. The molecule has 0 spiro atoms. The van der Waals surface area contributed by atoms with Crippen molar-refractivity contribution in [1.82, 2.24) is 4.90 Å². The second-order valence-corrected chi connectivity index (χ2v) is 6.02. The van der Waals surface area contributed by atoms with Crippen LogP contribution in [-0.4, -0.2) is 22.8 Å². The fourth-order valence-electron chi connectivity index (χ4n) is 2.43. The van der Waals surface area contributed by atoms with Crippen LogP contribution in [0.1, 0.15) is 36.7 Å². The van der Waals surface area contributed by atoms with Crippen molar-refractivity contribution in [2.75, 3.05) is 11.1 Å². The molecule has 0 unspecified atom stereocenters. The largest absolute Gasteiger partial charge is 0.399 e. The Morgan fingerprint density at radius 2 is 1.79 bits per heavy atom. The summed E-state index contributed by atoms with van der Waals surface area (Å²) < 4.78 is 0. The molecule has 0 aliphatic carbocycles. The van der Waals surface area contributed by atoms with E-state index in [1.807, 2.05) is 38.1 Å². The number of carbonyl (C=O) groups excluding carboxylic acids is 2. The van der Waals surface area contributed by atoms with Crippen LogP contribution in [0.15, 0.2) is 48.5 Å². The van der Waals surface area contributed by atoms with Crippen molar-refractivity contribution in [3.05, 3.63) is 59.7 Å². The quantitative estimate of drug-likeness (QED) is 0.828. The standard InChI is InChI=1S/C19H23N3O2/c1-13(2)22(14(3)23)12-15-7-9-18(10-8-15)21-19(24)16-5-4-6-17(20)11-16/h4-11,13H,12,20H2,1-3H3,(H,21,24). The minimum Gasteiger partial charge on any atom is -0.399 e. The first-order chi connectivity index (χ1) is 11.4. The summed E-state index contributed by atoms with van der Waals surface area (Å²) in [5, 5.41) is 2.84. The molecule has 3 N–H and O–H groups in total. The topological polar surface area (TPSA) is 75.4 Å². The highest BCUT2D eigenvalue weighted by Crippen LogP contribution is 2.15. The fraction of sp³-hybridized carbons (Fsp3) is 0.263. The molecule has 126 valence electrons. The van der Waals surface area contributed by atoms with E-state index in [-0.39, 0.29) is 17.9 Å². The number of hydrogen-bond donors (Lipinski definition) is 2. The van der Waals surface area contributed by atoms with Crippen LogP contribution in [0.3, 0.4) is 0 Å².